The summed E-state index contributed by atoms with van der Waals surface area (Å²) in [7, 11) is 0. The van der Waals surface area contributed by atoms with E-state index in [9.17, 15) is 4.79 Å². The van der Waals surface area contributed by atoms with Gasteiger partial charge in [0.15, 0.2) is 0 Å². The molecule has 124 valence electrons. The van der Waals surface area contributed by atoms with Gasteiger partial charge in [-0.05, 0) is 47.5 Å². The third kappa shape index (κ3) is 3.61. The number of carbonyl (C=O) groups excluding carboxylic acids is 1. The molecule has 2 amide bonds. The van der Waals surface area contributed by atoms with Crippen molar-refractivity contribution in [2.24, 2.45) is 0 Å². The Morgan fingerprint density at radius 2 is 2.23 bits per heavy atom. The minimum absolute atomic E-state index is 0.0183. The zero-order chi connectivity index (χ0) is 16.3. The van der Waals surface area contributed by atoms with E-state index in [1.165, 1.54) is 0 Å². The molecule has 1 aromatic rings. The highest BCUT2D eigenvalue weighted by Crippen LogP contribution is 2.34. The van der Waals surface area contributed by atoms with Crippen LogP contribution in [0, 0.1) is 13.8 Å². The number of hydrogen-bond acceptors (Lipinski definition) is 3. The van der Waals surface area contributed by atoms with Gasteiger partial charge in [0.25, 0.3) is 0 Å². The van der Waals surface area contributed by atoms with Crippen molar-refractivity contribution in [3.63, 3.8) is 0 Å². The summed E-state index contributed by atoms with van der Waals surface area (Å²) in [5, 5.41) is 10.3. The zero-order valence-corrected chi connectivity index (χ0v) is 14.3. The summed E-state index contributed by atoms with van der Waals surface area (Å²) in [4.78, 5) is 14.5. The summed E-state index contributed by atoms with van der Waals surface area (Å²) in [6, 6.07) is 0.101. The van der Waals surface area contributed by atoms with Crippen LogP contribution in [0.3, 0.4) is 0 Å². The van der Waals surface area contributed by atoms with Gasteiger partial charge >= 0.3 is 6.03 Å². The number of amides is 2. The first kappa shape index (κ1) is 16.8. The minimum atomic E-state index is -0.346. The Labute approximate surface area is 132 Å². The molecule has 6 nitrogen and oxygen atoms in total. The van der Waals surface area contributed by atoms with Crippen LogP contribution in [0.2, 0.25) is 0 Å². The lowest BCUT2D eigenvalue weighted by atomic mass is 10.0. The van der Waals surface area contributed by atoms with Gasteiger partial charge in [-0.1, -0.05) is 0 Å². The summed E-state index contributed by atoms with van der Waals surface area (Å²) in [5.41, 5.74) is 2.85. The fraction of sp³-hybridized carbons (Fsp3) is 0.750. The van der Waals surface area contributed by atoms with E-state index in [0.717, 1.165) is 36.3 Å². The van der Waals surface area contributed by atoms with Crippen LogP contribution >= 0.6 is 0 Å². The Kier molecular flexibility index (Phi) is 5.11. The Balaban J connectivity index is 2.03. The lowest BCUT2D eigenvalue weighted by molar-refractivity contribution is -0.00771. The van der Waals surface area contributed by atoms with Gasteiger partial charge in [0.1, 0.15) is 0 Å². The van der Waals surface area contributed by atoms with E-state index in [2.05, 4.69) is 15.5 Å². The Morgan fingerprint density at radius 3 is 2.82 bits per heavy atom. The van der Waals surface area contributed by atoms with Crippen LogP contribution in [-0.2, 0) is 4.74 Å². The zero-order valence-electron chi connectivity index (χ0n) is 14.3. The molecule has 2 rings (SSSR count). The second-order valence-corrected chi connectivity index (χ2v) is 6.55. The molecule has 1 saturated heterocycles. The normalized spacial score (nSPS) is 18.8. The highest BCUT2D eigenvalue weighted by atomic mass is 16.5. The van der Waals surface area contributed by atoms with Crippen molar-refractivity contribution >= 4 is 6.03 Å². The number of carbonyl (C=O) groups is 1. The summed E-state index contributed by atoms with van der Waals surface area (Å²) >= 11 is 0. The van der Waals surface area contributed by atoms with E-state index in [1.54, 1.807) is 0 Å². The molecule has 1 unspecified atom stereocenters. The first-order valence-corrected chi connectivity index (χ1v) is 8.05. The molecule has 0 aromatic carbocycles. The topological polar surface area (TPSA) is 70.2 Å². The molecule has 6 heteroatoms. The fourth-order valence-corrected chi connectivity index (χ4v) is 3.19. The number of aromatic amines is 1. The van der Waals surface area contributed by atoms with E-state index in [4.69, 9.17) is 4.74 Å². The maximum absolute atomic E-state index is 12.6. The summed E-state index contributed by atoms with van der Waals surface area (Å²) in [6.07, 6.45) is 2.01. The van der Waals surface area contributed by atoms with Crippen molar-refractivity contribution in [3.8, 4) is 0 Å². The smallest absolute Gasteiger partial charge is 0.318 e. The van der Waals surface area contributed by atoms with Gasteiger partial charge < -0.3 is 15.0 Å². The van der Waals surface area contributed by atoms with Gasteiger partial charge in [-0.2, -0.15) is 5.10 Å². The van der Waals surface area contributed by atoms with Crippen LogP contribution in [0.5, 0.6) is 0 Å². The lowest BCUT2D eigenvalue weighted by Crippen LogP contribution is -2.46. The largest absolute Gasteiger partial charge is 0.374 e. The number of aromatic nitrogens is 2. The predicted molar refractivity (Wildman–Crippen MR) is 85.8 cm³/mol. The number of nitrogens with zero attached hydrogens (tertiary/aromatic N) is 2. The van der Waals surface area contributed by atoms with E-state index in [0.29, 0.717) is 13.2 Å². The van der Waals surface area contributed by atoms with E-state index >= 15 is 0 Å². The molecule has 0 spiro atoms. The Bertz CT molecular complexity index is 505. The standard InChI is InChI=1S/C16H28N4O2/c1-6-22-16(4,5)10-17-15(21)20-9-7-8-13(20)14-11(2)18-19-12(14)3/h13H,6-10H2,1-5H3,(H,17,21)(H,18,19). The molecule has 1 aliphatic rings. The number of hydrogen-bond donors (Lipinski definition) is 2. The molecule has 1 aliphatic heterocycles. The van der Waals surface area contributed by atoms with Gasteiger partial charge in [0.05, 0.1) is 17.3 Å². The quantitative estimate of drug-likeness (QED) is 0.878. The van der Waals surface area contributed by atoms with Crippen LogP contribution in [0.25, 0.3) is 0 Å². The first-order chi connectivity index (χ1) is 10.4. The second kappa shape index (κ2) is 6.69. The molecular weight excluding hydrogens is 280 g/mol. The van der Waals surface area contributed by atoms with E-state index in [1.807, 2.05) is 39.5 Å². The van der Waals surface area contributed by atoms with E-state index < -0.39 is 0 Å². The molecule has 0 saturated carbocycles. The number of H-pyrrole nitrogens is 1. The molecule has 2 N–H and O–H groups in total. The van der Waals surface area contributed by atoms with Crippen LogP contribution < -0.4 is 5.32 Å². The van der Waals surface area contributed by atoms with Crippen LogP contribution in [0.15, 0.2) is 0 Å². The second-order valence-electron chi connectivity index (χ2n) is 6.55. The number of ether oxygens (including phenoxy) is 1. The molecule has 0 bridgehead atoms. The average Bonchev–Trinajstić information content (AvgIpc) is 3.03. The van der Waals surface area contributed by atoms with Gasteiger partial charge in [0, 0.05) is 31.0 Å². The summed E-state index contributed by atoms with van der Waals surface area (Å²) < 4.78 is 5.63. The van der Waals surface area contributed by atoms with Crippen LogP contribution in [0.4, 0.5) is 4.79 Å². The third-order valence-electron chi connectivity index (χ3n) is 4.23. The summed E-state index contributed by atoms with van der Waals surface area (Å²) in [6.45, 7) is 11.9. The number of urea groups is 1. The monoisotopic (exact) mass is 308 g/mol. The van der Waals surface area contributed by atoms with Crippen LogP contribution in [-0.4, -0.2) is 46.4 Å². The molecule has 1 atom stereocenters. The van der Waals surface area contributed by atoms with Gasteiger partial charge in [-0.15, -0.1) is 0 Å². The number of aryl methyl sites for hydroxylation is 2. The summed E-state index contributed by atoms with van der Waals surface area (Å²) in [5.74, 6) is 0. The van der Waals surface area contributed by atoms with Crippen LogP contribution in [0.1, 0.15) is 56.6 Å². The van der Waals surface area contributed by atoms with Gasteiger partial charge in [0.2, 0.25) is 0 Å². The van der Waals surface area contributed by atoms with Crippen molar-refractivity contribution < 1.29 is 9.53 Å². The molecule has 1 aromatic heterocycles. The Hall–Kier alpha value is -1.56. The molecule has 1 fully saturated rings. The highest BCUT2D eigenvalue weighted by Gasteiger charge is 2.33. The van der Waals surface area contributed by atoms with Crippen molar-refractivity contribution in [1.82, 2.24) is 20.4 Å². The number of rotatable bonds is 5. The molecule has 22 heavy (non-hydrogen) atoms. The predicted octanol–water partition coefficient (Wildman–Crippen LogP) is 2.69. The molecular formula is C16H28N4O2. The van der Waals surface area contributed by atoms with Crippen molar-refractivity contribution in [2.45, 2.75) is 59.1 Å². The van der Waals surface area contributed by atoms with Gasteiger partial charge in [-0.3, -0.25) is 5.10 Å². The first-order valence-electron chi connectivity index (χ1n) is 8.05. The average molecular weight is 308 g/mol. The molecule has 2 heterocycles. The number of nitrogens with one attached hydrogen (secondary N) is 2. The lowest BCUT2D eigenvalue weighted by Gasteiger charge is -2.29. The van der Waals surface area contributed by atoms with E-state index in [-0.39, 0.29) is 17.7 Å². The Morgan fingerprint density at radius 1 is 1.50 bits per heavy atom. The van der Waals surface area contributed by atoms with Crippen molar-refractivity contribution in [3.05, 3.63) is 17.0 Å². The number of likely N-dealkylation sites (tertiary alicyclic amines) is 1. The minimum Gasteiger partial charge on any atom is -0.374 e. The SMILES string of the molecule is CCOC(C)(C)CNC(=O)N1CCCC1c1c(C)n[nH]c1C. The highest BCUT2D eigenvalue weighted by molar-refractivity contribution is 5.75. The molecule has 0 radical (unpaired) electrons. The third-order valence-corrected chi connectivity index (χ3v) is 4.23. The molecule has 0 aliphatic carbocycles. The maximum Gasteiger partial charge on any atom is 0.318 e. The van der Waals surface area contributed by atoms with Crippen molar-refractivity contribution in [1.29, 1.82) is 0 Å². The van der Waals surface area contributed by atoms with Crippen molar-refractivity contribution in [2.75, 3.05) is 19.7 Å². The fourth-order valence-electron chi connectivity index (χ4n) is 3.19. The van der Waals surface area contributed by atoms with Gasteiger partial charge in [-0.25, -0.2) is 4.79 Å². The maximum atomic E-state index is 12.6.